The Morgan fingerprint density at radius 1 is 1.41 bits per heavy atom. The molecule has 1 aliphatic heterocycles. The zero-order valence-corrected chi connectivity index (χ0v) is 10.8. The molecule has 3 heteroatoms. The lowest BCUT2D eigenvalue weighted by Crippen LogP contribution is -2.42. The van der Waals surface area contributed by atoms with E-state index in [1.165, 1.54) is 0 Å². The van der Waals surface area contributed by atoms with Crippen LogP contribution in [0.25, 0.3) is 0 Å². The van der Waals surface area contributed by atoms with Crippen molar-refractivity contribution < 1.29 is 4.79 Å². The number of carbonyl (C=O) groups is 1. The lowest BCUT2D eigenvalue weighted by Gasteiger charge is -2.32. The molecule has 0 aromatic heterocycles. The predicted molar refractivity (Wildman–Crippen MR) is 69.9 cm³/mol. The van der Waals surface area contributed by atoms with Crippen molar-refractivity contribution in [2.24, 2.45) is 0 Å². The Labute approximate surface area is 103 Å². The van der Waals surface area contributed by atoms with Crippen molar-refractivity contribution in [3.63, 3.8) is 0 Å². The van der Waals surface area contributed by atoms with Crippen LogP contribution in [0.3, 0.4) is 0 Å². The van der Waals surface area contributed by atoms with Gasteiger partial charge in [-0.05, 0) is 51.3 Å². The second-order valence-electron chi connectivity index (χ2n) is 5.45. The summed E-state index contributed by atoms with van der Waals surface area (Å²) in [5.74, 6) is 0.109. The van der Waals surface area contributed by atoms with Gasteiger partial charge in [-0.3, -0.25) is 4.79 Å². The molecule has 2 rings (SSSR count). The van der Waals surface area contributed by atoms with E-state index >= 15 is 0 Å². The quantitative estimate of drug-likeness (QED) is 0.756. The zero-order chi connectivity index (χ0) is 12.6. The first-order valence-electron chi connectivity index (χ1n) is 6.10. The van der Waals surface area contributed by atoms with Crippen LogP contribution in [0.4, 0.5) is 5.69 Å². The SMILES string of the molecule is Cc1ccc(N)cc1C(=O)N1CCCC1(C)C. The zero-order valence-electron chi connectivity index (χ0n) is 10.8. The Bertz CT molecular complexity index is 452. The van der Waals surface area contributed by atoms with E-state index in [0.717, 1.165) is 30.5 Å². The van der Waals surface area contributed by atoms with E-state index in [9.17, 15) is 4.79 Å². The first-order chi connectivity index (χ1) is 7.92. The molecule has 1 saturated heterocycles. The molecule has 0 bridgehead atoms. The maximum atomic E-state index is 12.5. The summed E-state index contributed by atoms with van der Waals surface area (Å²) in [5.41, 5.74) is 8.10. The van der Waals surface area contributed by atoms with Gasteiger partial charge < -0.3 is 10.6 Å². The van der Waals surface area contributed by atoms with Crippen LogP contribution >= 0.6 is 0 Å². The molecule has 0 spiro atoms. The van der Waals surface area contributed by atoms with Crippen LogP contribution in [0.1, 0.15) is 42.6 Å². The van der Waals surface area contributed by atoms with Crippen molar-refractivity contribution in [1.29, 1.82) is 0 Å². The van der Waals surface area contributed by atoms with Crippen LogP contribution < -0.4 is 5.73 Å². The predicted octanol–water partition coefficient (Wildman–Crippen LogP) is 2.59. The molecular formula is C14H20N2O. The molecule has 0 saturated carbocycles. The van der Waals surface area contributed by atoms with Crippen molar-refractivity contribution in [2.45, 2.75) is 39.2 Å². The van der Waals surface area contributed by atoms with Crippen molar-refractivity contribution in [3.05, 3.63) is 29.3 Å². The largest absolute Gasteiger partial charge is 0.399 e. The molecule has 0 atom stereocenters. The highest BCUT2D eigenvalue weighted by Crippen LogP contribution is 2.30. The van der Waals surface area contributed by atoms with Crippen LogP contribution in [0.5, 0.6) is 0 Å². The van der Waals surface area contributed by atoms with Gasteiger partial charge in [0.2, 0.25) is 0 Å². The third-order valence-electron chi connectivity index (χ3n) is 3.64. The van der Waals surface area contributed by atoms with Crippen molar-refractivity contribution in [3.8, 4) is 0 Å². The Balaban J connectivity index is 2.34. The average Bonchev–Trinajstić information content (AvgIpc) is 2.61. The number of anilines is 1. The molecule has 1 aromatic rings. The van der Waals surface area contributed by atoms with Crippen LogP contribution in [0, 0.1) is 6.92 Å². The third-order valence-corrected chi connectivity index (χ3v) is 3.64. The smallest absolute Gasteiger partial charge is 0.254 e. The van der Waals surface area contributed by atoms with Gasteiger partial charge in [0.15, 0.2) is 0 Å². The molecule has 0 aliphatic carbocycles. The molecule has 1 fully saturated rings. The summed E-state index contributed by atoms with van der Waals surface area (Å²) in [4.78, 5) is 14.5. The van der Waals surface area contributed by atoms with Crippen LogP contribution in [-0.2, 0) is 0 Å². The first-order valence-corrected chi connectivity index (χ1v) is 6.10. The average molecular weight is 232 g/mol. The number of carbonyl (C=O) groups excluding carboxylic acids is 1. The number of aryl methyl sites for hydroxylation is 1. The van der Waals surface area contributed by atoms with Crippen molar-refractivity contribution in [1.82, 2.24) is 4.90 Å². The summed E-state index contributed by atoms with van der Waals surface area (Å²) in [6.45, 7) is 7.05. The van der Waals surface area contributed by atoms with Crippen molar-refractivity contribution in [2.75, 3.05) is 12.3 Å². The second-order valence-corrected chi connectivity index (χ2v) is 5.45. The standard InChI is InChI=1S/C14H20N2O/c1-10-5-6-11(15)9-12(10)13(17)16-8-4-7-14(16,2)3/h5-6,9H,4,7-8,15H2,1-3H3. The van der Waals surface area contributed by atoms with Gasteiger partial charge in [0.25, 0.3) is 5.91 Å². The third kappa shape index (κ3) is 2.14. The molecule has 1 amide bonds. The summed E-state index contributed by atoms with van der Waals surface area (Å²) in [6.07, 6.45) is 2.15. The Hall–Kier alpha value is -1.51. The molecular weight excluding hydrogens is 212 g/mol. The van der Waals surface area contributed by atoms with Gasteiger partial charge in [0.05, 0.1) is 0 Å². The van der Waals surface area contributed by atoms with Gasteiger partial charge in [-0.15, -0.1) is 0 Å². The summed E-state index contributed by atoms with van der Waals surface area (Å²) >= 11 is 0. The molecule has 1 aliphatic rings. The fourth-order valence-electron chi connectivity index (χ4n) is 2.50. The summed E-state index contributed by atoms with van der Waals surface area (Å²) in [7, 11) is 0. The molecule has 92 valence electrons. The number of nitrogens with two attached hydrogens (primary N) is 1. The van der Waals surface area contributed by atoms with Gasteiger partial charge >= 0.3 is 0 Å². The van der Waals surface area contributed by atoms with Gasteiger partial charge in [0.1, 0.15) is 0 Å². The number of likely N-dealkylation sites (tertiary alicyclic amines) is 1. The first kappa shape index (κ1) is 12.0. The van der Waals surface area contributed by atoms with E-state index in [-0.39, 0.29) is 11.4 Å². The maximum Gasteiger partial charge on any atom is 0.254 e. The van der Waals surface area contributed by atoms with E-state index in [1.54, 1.807) is 6.07 Å². The van der Waals surface area contributed by atoms with Crippen LogP contribution in [0.2, 0.25) is 0 Å². The molecule has 1 aromatic carbocycles. The Morgan fingerprint density at radius 3 is 2.71 bits per heavy atom. The van der Waals surface area contributed by atoms with Crippen LogP contribution in [-0.4, -0.2) is 22.9 Å². The number of hydrogen-bond donors (Lipinski definition) is 1. The monoisotopic (exact) mass is 232 g/mol. The van der Waals surface area contributed by atoms with E-state index in [0.29, 0.717) is 5.69 Å². The van der Waals surface area contributed by atoms with Crippen LogP contribution in [0.15, 0.2) is 18.2 Å². The minimum Gasteiger partial charge on any atom is -0.399 e. The summed E-state index contributed by atoms with van der Waals surface area (Å²) < 4.78 is 0. The molecule has 17 heavy (non-hydrogen) atoms. The molecule has 1 heterocycles. The Morgan fingerprint density at radius 2 is 2.12 bits per heavy atom. The Kier molecular flexibility index (Phi) is 2.86. The van der Waals surface area contributed by atoms with Gasteiger partial charge in [-0.2, -0.15) is 0 Å². The van der Waals surface area contributed by atoms with Crippen molar-refractivity contribution >= 4 is 11.6 Å². The highest BCUT2D eigenvalue weighted by Gasteiger charge is 2.36. The van der Waals surface area contributed by atoms with Gasteiger partial charge in [0, 0.05) is 23.3 Å². The number of nitrogens with zero attached hydrogens (tertiary/aromatic N) is 1. The molecule has 0 radical (unpaired) electrons. The summed E-state index contributed by atoms with van der Waals surface area (Å²) in [6, 6.07) is 5.53. The number of benzene rings is 1. The van der Waals surface area contributed by atoms with E-state index < -0.39 is 0 Å². The van der Waals surface area contributed by atoms with E-state index in [4.69, 9.17) is 5.73 Å². The lowest BCUT2D eigenvalue weighted by atomic mass is 10.00. The molecule has 0 unspecified atom stereocenters. The molecule has 3 nitrogen and oxygen atoms in total. The topological polar surface area (TPSA) is 46.3 Å². The summed E-state index contributed by atoms with van der Waals surface area (Å²) in [5, 5.41) is 0. The fraction of sp³-hybridized carbons (Fsp3) is 0.500. The van der Waals surface area contributed by atoms with Gasteiger partial charge in [-0.1, -0.05) is 6.07 Å². The second kappa shape index (κ2) is 4.06. The number of amides is 1. The van der Waals surface area contributed by atoms with Gasteiger partial charge in [-0.25, -0.2) is 0 Å². The minimum absolute atomic E-state index is 0.0336. The number of rotatable bonds is 1. The highest BCUT2D eigenvalue weighted by molar-refractivity contribution is 5.97. The molecule has 2 N–H and O–H groups in total. The van der Waals surface area contributed by atoms with E-state index in [2.05, 4.69) is 13.8 Å². The lowest BCUT2D eigenvalue weighted by molar-refractivity contribution is 0.0651. The number of hydrogen-bond acceptors (Lipinski definition) is 2. The normalized spacial score (nSPS) is 18.4. The maximum absolute atomic E-state index is 12.5. The van der Waals surface area contributed by atoms with E-state index in [1.807, 2.05) is 24.0 Å². The number of nitrogen functional groups attached to an aromatic ring is 1. The highest BCUT2D eigenvalue weighted by atomic mass is 16.2. The minimum atomic E-state index is -0.0336. The fourth-order valence-corrected chi connectivity index (χ4v) is 2.50.